The maximum absolute atomic E-state index is 11.2. The SMILES string of the molecule is O=c1cc(O)c2cc(Oc3ccccc3)ccc2[nH]1. The van der Waals surface area contributed by atoms with Crippen LogP contribution in [0.3, 0.4) is 0 Å². The molecule has 0 atom stereocenters. The summed E-state index contributed by atoms with van der Waals surface area (Å²) < 4.78 is 5.67. The highest BCUT2D eigenvalue weighted by Crippen LogP contribution is 2.28. The lowest BCUT2D eigenvalue weighted by Gasteiger charge is -2.07. The molecule has 0 saturated carbocycles. The van der Waals surface area contributed by atoms with E-state index in [0.717, 1.165) is 6.07 Å². The van der Waals surface area contributed by atoms with Crippen molar-refractivity contribution in [3.05, 3.63) is 65.0 Å². The van der Waals surface area contributed by atoms with Crippen LogP contribution in [0, 0.1) is 0 Å². The molecule has 0 radical (unpaired) electrons. The van der Waals surface area contributed by atoms with E-state index >= 15 is 0 Å². The zero-order valence-electron chi connectivity index (χ0n) is 9.96. The number of nitrogens with one attached hydrogen (secondary N) is 1. The molecular formula is C15H11NO3. The Morgan fingerprint density at radius 1 is 0.947 bits per heavy atom. The number of hydrogen-bond acceptors (Lipinski definition) is 3. The van der Waals surface area contributed by atoms with E-state index in [1.54, 1.807) is 18.2 Å². The second kappa shape index (κ2) is 4.49. The van der Waals surface area contributed by atoms with Crippen LogP contribution < -0.4 is 10.3 Å². The molecule has 1 heterocycles. The lowest BCUT2D eigenvalue weighted by Crippen LogP contribution is -2.02. The van der Waals surface area contributed by atoms with Gasteiger partial charge in [0, 0.05) is 11.5 Å². The van der Waals surface area contributed by atoms with Gasteiger partial charge in [0.15, 0.2) is 0 Å². The van der Waals surface area contributed by atoms with Crippen molar-refractivity contribution in [2.45, 2.75) is 0 Å². The molecule has 0 fully saturated rings. The number of pyridine rings is 1. The molecule has 1 aromatic heterocycles. The van der Waals surface area contributed by atoms with E-state index in [1.807, 2.05) is 30.3 Å². The molecule has 0 amide bonds. The van der Waals surface area contributed by atoms with E-state index in [1.165, 1.54) is 0 Å². The highest BCUT2D eigenvalue weighted by molar-refractivity contribution is 5.85. The molecule has 19 heavy (non-hydrogen) atoms. The molecular weight excluding hydrogens is 242 g/mol. The summed E-state index contributed by atoms with van der Waals surface area (Å²) in [6, 6.07) is 15.6. The summed E-state index contributed by atoms with van der Waals surface area (Å²) in [6.07, 6.45) is 0. The van der Waals surface area contributed by atoms with E-state index in [9.17, 15) is 9.90 Å². The Labute approximate surface area is 108 Å². The first-order valence-electron chi connectivity index (χ1n) is 5.81. The molecule has 2 N–H and O–H groups in total. The van der Waals surface area contributed by atoms with Crippen LogP contribution in [-0.4, -0.2) is 10.1 Å². The Morgan fingerprint density at radius 3 is 2.53 bits per heavy atom. The van der Waals surface area contributed by atoms with Gasteiger partial charge in [0.1, 0.15) is 17.2 Å². The van der Waals surface area contributed by atoms with Crippen molar-refractivity contribution in [2.75, 3.05) is 0 Å². The normalized spacial score (nSPS) is 10.5. The topological polar surface area (TPSA) is 62.3 Å². The summed E-state index contributed by atoms with van der Waals surface area (Å²) in [5.41, 5.74) is 0.243. The van der Waals surface area contributed by atoms with Crippen molar-refractivity contribution in [2.24, 2.45) is 0 Å². The van der Waals surface area contributed by atoms with Gasteiger partial charge in [-0.25, -0.2) is 0 Å². The van der Waals surface area contributed by atoms with Gasteiger partial charge in [-0.1, -0.05) is 18.2 Å². The fourth-order valence-electron chi connectivity index (χ4n) is 1.90. The van der Waals surface area contributed by atoms with Gasteiger partial charge in [-0.15, -0.1) is 0 Å². The van der Waals surface area contributed by atoms with Crippen molar-refractivity contribution in [3.8, 4) is 17.2 Å². The molecule has 0 aliphatic carbocycles. The second-order valence-electron chi connectivity index (χ2n) is 4.14. The Hall–Kier alpha value is -2.75. The molecule has 0 unspecified atom stereocenters. The lowest BCUT2D eigenvalue weighted by atomic mass is 10.2. The Balaban J connectivity index is 2.05. The first kappa shape index (κ1) is 11.3. The molecule has 0 aliphatic rings. The predicted octanol–water partition coefficient (Wildman–Crippen LogP) is 3.03. The van der Waals surface area contributed by atoms with Gasteiger partial charge in [-0.2, -0.15) is 0 Å². The van der Waals surface area contributed by atoms with Crippen molar-refractivity contribution >= 4 is 10.9 Å². The number of aromatic nitrogens is 1. The Kier molecular flexibility index (Phi) is 2.68. The quantitative estimate of drug-likeness (QED) is 0.738. The molecule has 0 bridgehead atoms. The van der Waals surface area contributed by atoms with Gasteiger partial charge in [0.2, 0.25) is 0 Å². The number of benzene rings is 2. The van der Waals surface area contributed by atoms with Crippen LogP contribution in [0.2, 0.25) is 0 Å². The zero-order chi connectivity index (χ0) is 13.2. The molecule has 94 valence electrons. The monoisotopic (exact) mass is 253 g/mol. The first-order chi connectivity index (χ1) is 9.22. The number of rotatable bonds is 2. The molecule has 0 spiro atoms. The molecule has 4 nitrogen and oxygen atoms in total. The highest BCUT2D eigenvalue weighted by Gasteiger charge is 2.04. The van der Waals surface area contributed by atoms with E-state index in [-0.39, 0.29) is 11.3 Å². The third kappa shape index (κ3) is 2.28. The van der Waals surface area contributed by atoms with Gasteiger partial charge < -0.3 is 14.8 Å². The van der Waals surface area contributed by atoms with E-state index < -0.39 is 0 Å². The maximum atomic E-state index is 11.2. The first-order valence-corrected chi connectivity index (χ1v) is 5.81. The maximum Gasteiger partial charge on any atom is 0.252 e. The molecule has 0 aliphatic heterocycles. The number of ether oxygens (including phenoxy) is 1. The summed E-state index contributed by atoms with van der Waals surface area (Å²) in [5, 5.41) is 10.3. The zero-order valence-corrected chi connectivity index (χ0v) is 9.96. The minimum Gasteiger partial charge on any atom is -0.507 e. The number of aromatic hydroxyl groups is 1. The van der Waals surface area contributed by atoms with E-state index in [2.05, 4.69) is 4.98 Å². The minimum atomic E-state index is -0.332. The van der Waals surface area contributed by atoms with Crippen LogP contribution in [0.1, 0.15) is 0 Å². The van der Waals surface area contributed by atoms with Crippen molar-refractivity contribution in [1.82, 2.24) is 4.98 Å². The standard InChI is InChI=1S/C15H11NO3/c17-14-9-15(18)16-13-7-6-11(8-12(13)14)19-10-4-2-1-3-5-10/h1-9H,(H2,16,17,18). The van der Waals surface area contributed by atoms with Gasteiger partial charge in [0.05, 0.1) is 5.52 Å². The highest BCUT2D eigenvalue weighted by atomic mass is 16.5. The summed E-state index contributed by atoms with van der Waals surface area (Å²) in [4.78, 5) is 13.9. The summed E-state index contributed by atoms with van der Waals surface area (Å²) >= 11 is 0. The van der Waals surface area contributed by atoms with E-state index in [4.69, 9.17) is 4.74 Å². The average molecular weight is 253 g/mol. The molecule has 0 saturated heterocycles. The number of para-hydroxylation sites is 1. The van der Waals surface area contributed by atoms with Gasteiger partial charge in [-0.05, 0) is 30.3 Å². The average Bonchev–Trinajstić information content (AvgIpc) is 2.40. The van der Waals surface area contributed by atoms with Gasteiger partial charge in [-0.3, -0.25) is 4.79 Å². The fraction of sp³-hybridized carbons (Fsp3) is 0. The molecule has 3 rings (SSSR count). The summed E-state index contributed by atoms with van der Waals surface area (Å²) in [5.74, 6) is 1.25. The van der Waals surface area contributed by atoms with Crippen LogP contribution in [-0.2, 0) is 0 Å². The van der Waals surface area contributed by atoms with Crippen LogP contribution >= 0.6 is 0 Å². The van der Waals surface area contributed by atoms with Gasteiger partial charge >= 0.3 is 0 Å². The van der Waals surface area contributed by atoms with Crippen molar-refractivity contribution < 1.29 is 9.84 Å². The van der Waals surface area contributed by atoms with Crippen LogP contribution in [0.15, 0.2) is 59.4 Å². The summed E-state index contributed by atoms with van der Waals surface area (Å²) in [6.45, 7) is 0. The Morgan fingerprint density at radius 2 is 1.74 bits per heavy atom. The molecule has 4 heteroatoms. The predicted molar refractivity (Wildman–Crippen MR) is 72.7 cm³/mol. The van der Waals surface area contributed by atoms with Crippen LogP contribution in [0.5, 0.6) is 17.2 Å². The largest absolute Gasteiger partial charge is 0.507 e. The number of aromatic amines is 1. The summed E-state index contributed by atoms with van der Waals surface area (Å²) in [7, 11) is 0. The minimum absolute atomic E-state index is 0.0581. The number of fused-ring (bicyclic) bond motifs is 1. The third-order valence-electron chi connectivity index (χ3n) is 2.77. The van der Waals surface area contributed by atoms with Crippen molar-refractivity contribution in [3.63, 3.8) is 0 Å². The van der Waals surface area contributed by atoms with Crippen molar-refractivity contribution in [1.29, 1.82) is 0 Å². The lowest BCUT2D eigenvalue weighted by molar-refractivity contribution is 0.475. The second-order valence-corrected chi connectivity index (χ2v) is 4.14. The smallest absolute Gasteiger partial charge is 0.252 e. The number of H-pyrrole nitrogens is 1. The van der Waals surface area contributed by atoms with Crippen LogP contribution in [0.25, 0.3) is 10.9 Å². The number of hydrogen-bond donors (Lipinski definition) is 2. The Bertz CT molecular complexity index is 778. The van der Waals surface area contributed by atoms with E-state index in [0.29, 0.717) is 22.4 Å². The molecule has 3 aromatic rings. The fourth-order valence-corrected chi connectivity index (χ4v) is 1.90. The van der Waals surface area contributed by atoms with Crippen LogP contribution in [0.4, 0.5) is 0 Å². The molecule has 2 aromatic carbocycles. The third-order valence-corrected chi connectivity index (χ3v) is 2.77. The van der Waals surface area contributed by atoms with Gasteiger partial charge in [0.25, 0.3) is 5.56 Å².